The van der Waals surface area contributed by atoms with Gasteiger partial charge in [-0.25, -0.2) is 0 Å². The molecule has 2 aliphatic rings. The normalized spacial score (nSPS) is 21.1. The Hall–Kier alpha value is -2.77. The molecular formula is C21H27N5O3. The number of carbonyl (C=O) groups is 2. The van der Waals surface area contributed by atoms with Crippen LogP contribution in [0.3, 0.4) is 0 Å². The van der Waals surface area contributed by atoms with Gasteiger partial charge in [-0.2, -0.15) is 4.98 Å². The Balaban J connectivity index is 1.35. The molecule has 0 saturated carbocycles. The molecule has 0 bridgehead atoms. The fourth-order valence-corrected chi connectivity index (χ4v) is 4.15. The highest BCUT2D eigenvalue weighted by Gasteiger charge is 2.41. The van der Waals surface area contributed by atoms with E-state index in [1.807, 2.05) is 42.7 Å². The lowest BCUT2D eigenvalue weighted by atomic mass is 9.95. The Morgan fingerprint density at radius 3 is 2.48 bits per heavy atom. The first-order chi connectivity index (χ1) is 13.8. The second-order valence-electron chi connectivity index (χ2n) is 8.87. The van der Waals surface area contributed by atoms with Gasteiger partial charge in [0.25, 0.3) is 5.89 Å². The topological polar surface area (TPSA) is 92.4 Å². The number of aromatic nitrogens is 3. The molecule has 2 aromatic rings. The van der Waals surface area contributed by atoms with Gasteiger partial charge in [-0.15, -0.1) is 0 Å². The van der Waals surface area contributed by atoms with Crippen molar-refractivity contribution in [2.24, 2.45) is 5.92 Å². The average Bonchev–Trinajstić information content (AvgIpc) is 3.35. The van der Waals surface area contributed by atoms with Crippen molar-refractivity contribution in [3.63, 3.8) is 0 Å². The Labute approximate surface area is 170 Å². The summed E-state index contributed by atoms with van der Waals surface area (Å²) in [4.78, 5) is 37.5. The predicted molar refractivity (Wildman–Crippen MR) is 106 cm³/mol. The first-order valence-electron chi connectivity index (χ1n) is 10.2. The number of amides is 2. The molecule has 0 spiro atoms. The van der Waals surface area contributed by atoms with E-state index in [1.54, 1.807) is 12.4 Å². The van der Waals surface area contributed by atoms with E-state index in [-0.39, 0.29) is 29.2 Å². The SMILES string of the molecule is CC(C)(C)N1CC(C(=O)N2CCC(c3noc(-c4ccncc4)n3)CC2)CC1=O. The van der Waals surface area contributed by atoms with E-state index in [0.29, 0.717) is 37.8 Å². The van der Waals surface area contributed by atoms with Gasteiger partial charge in [0, 0.05) is 55.5 Å². The highest BCUT2D eigenvalue weighted by Crippen LogP contribution is 2.31. The smallest absolute Gasteiger partial charge is 0.258 e. The minimum Gasteiger partial charge on any atom is -0.342 e. The van der Waals surface area contributed by atoms with Crippen LogP contribution in [-0.4, -0.2) is 61.9 Å². The van der Waals surface area contributed by atoms with Crippen molar-refractivity contribution in [1.29, 1.82) is 0 Å². The van der Waals surface area contributed by atoms with Crippen molar-refractivity contribution in [2.75, 3.05) is 19.6 Å². The molecule has 2 amide bonds. The Kier molecular flexibility index (Phi) is 5.10. The van der Waals surface area contributed by atoms with Crippen molar-refractivity contribution >= 4 is 11.8 Å². The summed E-state index contributed by atoms with van der Waals surface area (Å²) in [6.07, 6.45) is 5.29. The molecule has 2 aliphatic heterocycles. The third-order valence-electron chi connectivity index (χ3n) is 5.82. The van der Waals surface area contributed by atoms with Gasteiger partial charge >= 0.3 is 0 Å². The summed E-state index contributed by atoms with van der Waals surface area (Å²) in [5.74, 6) is 1.29. The van der Waals surface area contributed by atoms with E-state index in [1.165, 1.54) is 0 Å². The number of pyridine rings is 1. The standard InChI is InChI=1S/C21H27N5O3/c1-21(2,3)26-13-16(12-17(26)27)20(28)25-10-6-14(7-11-25)18-23-19(29-24-18)15-4-8-22-9-5-15/h4-5,8-9,14,16H,6-7,10-13H2,1-3H3. The highest BCUT2D eigenvalue weighted by atomic mass is 16.5. The van der Waals surface area contributed by atoms with Gasteiger partial charge in [-0.05, 0) is 45.7 Å². The quantitative estimate of drug-likeness (QED) is 0.790. The van der Waals surface area contributed by atoms with Gasteiger partial charge in [0.15, 0.2) is 5.82 Å². The zero-order valence-electron chi connectivity index (χ0n) is 17.2. The van der Waals surface area contributed by atoms with Crippen LogP contribution in [0.5, 0.6) is 0 Å². The highest BCUT2D eigenvalue weighted by molar-refractivity contribution is 5.89. The van der Waals surface area contributed by atoms with Crippen molar-refractivity contribution in [3.8, 4) is 11.5 Å². The molecule has 1 unspecified atom stereocenters. The van der Waals surface area contributed by atoms with Crippen LogP contribution in [0, 0.1) is 5.92 Å². The minimum atomic E-state index is -0.246. The summed E-state index contributed by atoms with van der Waals surface area (Å²) in [5, 5.41) is 4.15. The number of carbonyl (C=O) groups excluding carboxylic acids is 2. The Bertz CT molecular complexity index is 881. The van der Waals surface area contributed by atoms with Crippen LogP contribution in [-0.2, 0) is 9.59 Å². The van der Waals surface area contributed by atoms with Gasteiger partial charge in [-0.3, -0.25) is 14.6 Å². The molecule has 2 aromatic heterocycles. The van der Waals surface area contributed by atoms with Crippen LogP contribution < -0.4 is 0 Å². The molecular weight excluding hydrogens is 370 g/mol. The van der Waals surface area contributed by atoms with Crippen LogP contribution in [0.4, 0.5) is 0 Å². The van der Waals surface area contributed by atoms with Crippen LogP contribution >= 0.6 is 0 Å². The molecule has 0 aromatic carbocycles. The van der Waals surface area contributed by atoms with Crippen LogP contribution in [0.15, 0.2) is 29.0 Å². The molecule has 1 atom stereocenters. The summed E-state index contributed by atoms with van der Waals surface area (Å²) in [6, 6.07) is 3.67. The van der Waals surface area contributed by atoms with Crippen molar-refractivity contribution in [1.82, 2.24) is 24.9 Å². The summed E-state index contributed by atoms with van der Waals surface area (Å²) in [6.45, 7) is 7.85. The van der Waals surface area contributed by atoms with Gasteiger partial charge in [0.2, 0.25) is 11.8 Å². The molecule has 0 N–H and O–H groups in total. The van der Waals surface area contributed by atoms with E-state index in [4.69, 9.17) is 4.52 Å². The van der Waals surface area contributed by atoms with Crippen LogP contribution in [0.1, 0.15) is 51.8 Å². The number of piperidine rings is 1. The van der Waals surface area contributed by atoms with E-state index in [0.717, 1.165) is 18.4 Å². The minimum absolute atomic E-state index is 0.0705. The number of nitrogens with zero attached hydrogens (tertiary/aromatic N) is 5. The molecule has 29 heavy (non-hydrogen) atoms. The lowest BCUT2D eigenvalue weighted by Crippen LogP contribution is -2.45. The summed E-state index contributed by atoms with van der Waals surface area (Å²) in [5.41, 5.74) is 0.602. The van der Waals surface area contributed by atoms with E-state index in [9.17, 15) is 9.59 Å². The Morgan fingerprint density at radius 2 is 1.86 bits per heavy atom. The number of hydrogen-bond donors (Lipinski definition) is 0. The third-order valence-corrected chi connectivity index (χ3v) is 5.82. The second-order valence-corrected chi connectivity index (χ2v) is 8.87. The molecule has 4 heterocycles. The van der Waals surface area contributed by atoms with E-state index < -0.39 is 0 Å². The molecule has 0 aliphatic carbocycles. The zero-order chi connectivity index (χ0) is 20.6. The second kappa shape index (κ2) is 7.57. The molecule has 0 radical (unpaired) electrons. The molecule has 2 fully saturated rings. The summed E-state index contributed by atoms with van der Waals surface area (Å²) in [7, 11) is 0. The maximum absolute atomic E-state index is 12.9. The first kappa shape index (κ1) is 19.5. The van der Waals surface area contributed by atoms with Gasteiger partial charge < -0.3 is 14.3 Å². The fraction of sp³-hybridized carbons (Fsp3) is 0.571. The predicted octanol–water partition coefficient (Wildman–Crippen LogP) is 2.48. The number of rotatable bonds is 3. The van der Waals surface area contributed by atoms with Crippen molar-refractivity contribution in [2.45, 2.75) is 51.5 Å². The zero-order valence-corrected chi connectivity index (χ0v) is 17.2. The summed E-state index contributed by atoms with van der Waals surface area (Å²) >= 11 is 0. The molecule has 154 valence electrons. The van der Waals surface area contributed by atoms with Crippen LogP contribution in [0.2, 0.25) is 0 Å². The van der Waals surface area contributed by atoms with Gasteiger partial charge in [0.05, 0.1) is 5.92 Å². The molecule has 2 saturated heterocycles. The van der Waals surface area contributed by atoms with Gasteiger partial charge in [0.1, 0.15) is 0 Å². The number of hydrogen-bond acceptors (Lipinski definition) is 6. The number of likely N-dealkylation sites (tertiary alicyclic amines) is 2. The monoisotopic (exact) mass is 397 g/mol. The average molecular weight is 397 g/mol. The van der Waals surface area contributed by atoms with Crippen LogP contribution in [0.25, 0.3) is 11.5 Å². The van der Waals surface area contributed by atoms with Crippen molar-refractivity contribution in [3.05, 3.63) is 30.4 Å². The maximum Gasteiger partial charge on any atom is 0.258 e. The summed E-state index contributed by atoms with van der Waals surface area (Å²) < 4.78 is 5.40. The van der Waals surface area contributed by atoms with E-state index >= 15 is 0 Å². The largest absolute Gasteiger partial charge is 0.342 e. The van der Waals surface area contributed by atoms with E-state index in [2.05, 4.69) is 15.1 Å². The third kappa shape index (κ3) is 4.02. The first-order valence-corrected chi connectivity index (χ1v) is 10.2. The maximum atomic E-state index is 12.9. The lowest BCUT2D eigenvalue weighted by molar-refractivity contribution is -0.136. The lowest BCUT2D eigenvalue weighted by Gasteiger charge is -2.34. The molecule has 4 rings (SSSR count). The Morgan fingerprint density at radius 1 is 1.17 bits per heavy atom. The van der Waals surface area contributed by atoms with Crippen molar-refractivity contribution < 1.29 is 14.1 Å². The molecule has 8 heteroatoms. The fourth-order valence-electron chi connectivity index (χ4n) is 4.15. The molecule has 8 nitrogen and oxygen atoms in total. The van der Waals surface area contributed by atoms with Gasteiger partial charge in [-0.1, -0.05) is 5.16 Å².